The SMILES string of the molecule is N#Cc1nc2c(c3nc(C#N)n(C#N)c3c3nc(C#N)n(C#N)c23)n1C#N. The van der Waals surface area contributed by atoms with Gasteiger partial charge in [0.2, 0.25) is 17.5 Å². The molecule has 12 heteroatoms. The zero-order valence-electron chi connectivity index (χ0n) is 12.9. The molecule has 0 amide bonds. The minimum atomic E-state index is -0.282. The number of imidazole rings is 3. The molecule has 120 valence electrons. The Balaban J connectivity index is 2.53. The van der Waals surface area contributed by atoms with Crippen molar-refractivity contribution in [3.05, 3.63) is 17.5 Å². The molecular formula is C15N12. The van der Waals surface area contributed by atoms with Crippen LogP contribution in [0.5, 0.6) is 0 Å². The molecule has 27 heavy (non-hydrogen) atoms. The second-order valence-corrected chi connectivity index (χ2v) is 5.04. The molecule has 0 unspecified atom stereocenters. The first-order chi connectivity index (χ1) is 13.1. The largest absolute Gasteiger partial charge is 0.227 e. The van der Waals surface area contributed by atoms with Crippen molar-refractivity contribution in [2.75, 3.05) is 0 Å². The van der Waals surface area contributed by atoms with Crippen LogP contribution in [0, 0.1) is 68.4 Å². The van der Waals surface area contributed by atoms with Gasteiger partial charge >= 0.3 is 0 Å². The van der Waals surface area contributed by atoms with Crippen LogP contribution in [-0.4, -0.2) is 28.7 Å². The lowest BCUT2D eigenvalue weighted by Gasteiger charge is -1.99. The van der Waals surface area contributed by atoms with Gasteiger partial charge in [-0.15, -0.1) is 0 Å². The summed E-state index contributed by atoms with van der Waals surface area (Å²) < 4.78 is 2.65. The minimum Gasteiger partial charge on any atom is -0.217 e. The first kappa shape index (κ1) is 15.1. The zero-order valence-corrected chi connectivity index (χ0v) is 12.9. The highest BCUT2D eigenvalue weighted by atomic mass is 15.2. The Hall–Kier alpha value is -5.43. The van der Waals surface area contributed by atoms with E-state index in [1.165, 1.54) is 0 Å². The predicted octanol–water partition coefficient (Wildman–Crippen LogP) is 0.338. The number of hydrogen-bond acceptors (Lipinski definition) is 9. The molecule has 0 spiro atoms. The molecular weight excluding hydrogens is 348 g/mol. The summed E-state index contributed by atoms with van der Waals surface area (Å²) in [7, 11) is 0. The maximum absolute atomic E-state index is 9.45. The monoisotopic (exact) mass is 348 g/mol. The van der Waals surface area contributed by atoms with Crippen LogP contribution in [0.4, 0.5) is 0 Å². The van der Waals surface area contributed by atoms with Gasteiger partial charge in [0.25, 0.3) is 0 Å². The van der Waals surface area contributed by atoms with Crippen LogP contribution in [0.2, 0.25) is 0 Å². The number of benzene rings is 1. The molecule has 0 saturated heterocycles. The van der Waals surface area contributed by atoms with Crippen LogP contribution in [0.3, 0.4) is 0 Å². The van der Waals surface area contributed by atoms with E-state index in [1.54, 1.807) is 36.8 Å². The minimum absolute atomic E-state index is 0.0261. The van der Waals surface area contributed by atoms with Gasteiger partial charge in [-0.05, 0) is 0 Å². The Morgan fingerprint density at radius 1 is 0.481 bits per heavy atom. The number of nitriles is 6. The zero-order chi connectivity index (χ0) is 19.3. The van der Waals surface area contributed by atoms with Crippen LogP contribution >= 0.6 is 0 Å². The van der Waals surface area contributed by atoms with E-state index in [4.69, 9.17) is 0 Å². The summed E-state index contributed by atoms with van der Waals surface area (Å²) in [4.78, 5) is 12.2. The summed E-state index contributed by atoms with van der Waals surface area (Å²) in [5, 5.41) is 56.2. The quantitative estimate of drug-likeness (QED) is 0.430. The Labute approximate surface area is 148 Å². The molecule has 0 radical (unpaired) electrons. The van der Waals surface area contributed by atoms with Crippen molar-refractivity contribution in [1.29, 1.82) is 31.6 Å². The Kier molecular flexibility index (Phi) is 2.82. The molecule has 0 aliphatic heterocycles. The van der Waals surface area contributed by atoms with Crippen molar-refractivity contribution in [2.45, 2.75) is 0 Å². The molecule has 0 aliphatic carbocycles. The van der Waals surface area contributed by atoms with E-state index in [0.717, 1.165) is 13.7 Å². The van der Waals surface area contributed by atoms with Gasteiger partial charge in [0.05, 0.1) is 0 Å². The molecule has 4 rings (SSSR count). The van der Waals surface area contributed by atoms with E-state index in [1.807, 2.05) is 0 Å². The second-order valence-electron chi connectivity index (χ2n) is 5.04. The van der Waals surface area contributed by atoms with E-state index >= 15 is 0 Å². The molecule has 4 aromatic rings. The van der Waals surface area contributed by atoms with Crippen LogP contribution < -0.4 is 0 Å². The standard InChI is InChI=1S/C15N12/c16-1-7-22-10-13(25(7)4-19)11-15(27(6-21)8(2-17)23-11)12-14(10)26(5-20)9(3-18)24-12. The van der Waals surface area contributed by atoms with Crippen molar-refractivity contribution in [3.63, 3.8) is 0 Å². The number of hydrogen-bond donors (Lipinski definition) is 0. The summed E-state index contributed by atoms with van der Waals surface area (Å²) in [6.07, 6.45) is 5.37. The molecule has 3 aromatic heterocycles. The van der Waals surface area contributed by atoms with Gasteiger partial charge < -0.3 is 0 Å². The smallest absolute Gasteiger partial charge is 0.217 e. The van der Waals surface area contributed by atoms with Crippen LogP contribution in [0.25, 0.3) is 33.1 Å². The fourth-order valence-corrected chi connectivity index (χ4v) is 2.93. The maximum Gasteiger partial charge on any atom is 0.227 e. The van der Waals surface area contributed by atoms with Gasteiger partial charge in [-0.25, -0.2) is 28.7 Å². The molecule has 12 nitrogen and oxygen atoms in total. The van der Waals surface area contributed by atoms with Crippen molar-refractivity contribution in [2.24, 2.45) is 0 Å². The van der Waals surface area contributed by atoms with Gasteiger partial charge in [0.1, 0.15) is 51.3 Å². The van der Waals surface area contributed by atoms with Crippen LogP contribution in [0.1, 0.15) is 17.5 Å². The van der Waals surface area contributed by atoms with E-state index in [-0.39, 0.29) is 50.6 Å². The highest BCUT2D eigenvalue weighted by Crippen LogP contribution is 2.35. The molecule has 1 aromatic carbocycles. The van der Waals surface area contributed by atoms with Gasteiger partial charge in [0.15, 0.2) is 18.6 Å². The Bertz CT molecular complexity index is 1360. The third kappa shape index (κ3) is 1.60. The molecule has 0 fully saturated rings. The molecule has 0 aliphatic rings. The maximum atomic E-state index is 9.45. The van der Waals surface area contributed by atoms with Crippen molar-refractivity contribution in [1.82, 2.24) is 28.7 Å². The molecule has 0 bridgehead atoms. The normalized spacial score (nSPS) is 10.0. The molecule has 0 saturated carbocycles. The van der Waals surface area contributed by atoms with Crippen LogP contribution in [0.15, 0.2) is 0 Å². The second kappa shape index (κ2) is 5.03. The van der Waals surface area contributed by atoms with E-state index in [2.05, 4.69) is 15.0 Å². The van der Waals surface area contributed by atoms with E-state index < -0.39 is 0 Å². The van der Waals surface area contributed by atoms with Crippen LogP contribution in [-0.2, 0) is 0 Å². The van der Waals surface area contributed by atoms with Gasteiger partial charge in [-0.2, -0.15) is 31.6 Å². The van der Waals surface area contributed by atoms with Gasteiger partial charge in [0, 0.05) is 0 Å². The lowest BCUT2D eigenvalue weighted by molar-refractivity contribution is 1.06. The topological polar surface area (TPSA) is 196 Å². The van der Waals surface area contributed by atoms with Gasteiger partial charge in [-0.3, -0.25) is 0 Å². The van der Waals surface area contributed by atoms with E-state index in [0.29, 0.717) is 0 Å². The highest BCUT2D eigenvalue weighted by molar-refractivity contribution is 6.20. The third-order valence-electron chi connectivity index (χ3n) is 3.91. The average molecular weight is 348 g/mol. The van der Waals surface area contributed by atoms with Crippen molar-refractivity contribution >= 4 is 33.1 Å². The fourth-order valence-electron chi connectivity index (χ4n) is 2.93. The Morgan fingerprint density at radius 3 is 0.926 bits per heavy atom. The average Bonchev–Trinajstić information content (AvgIpc) is 3.36. The molecule has 0 atom stereocenters. The lowest BCUT2D eigenvalue weighted by atomic mass is 10.2. The van der Waals surface area contributed by atoms with Crippen molar-refractivity contribution in [3.8, 4) is 36.8 Å². The molecule has 0 N–H and O–H groups in total. The lowest BCUT2D eigenvalue weighted by Crippen LogP contribution is -1.95. The first-order valence-electron chi connectivity index (χ1n) is 6.95. The fraction of sp³-hybridized carbons (Fsp3) is 0. The summed E-state index contributed by atoms with van der Waals surface area (Å²) in [6, 6.07) is 5.28. The first-order valence-corrected chi connectivity index (χ1v) is 6.95. The number of fused-ring (bicyclic) bond motifs is 6. The third-order valence-corrected chi connectivity index (χ3v) is 3.91. The summed E-state index contributed by atoms with van der Waals surface area (Å²) in [5.41, 5.74) is 0.170. The summed E-state index contributed by atoms with van der Waals surface area (Å²) in [6.45, 7) is 0. The van der Waals surface area contributed by atoms with Crippen molar-refractivity contribution < 1.29 is 0 Å². The highest BCUT2D eigenvalue weighted by Gasteiger charge is 2.28. The number of aromatic nitrogens is 6. The number of nitrogens with zero attached hydrogens (tertiary/aromatic N) is 12. The van der Waals surface area contributed by atoms with Gasteiger partial charge in [-0.1, -0.05) is 0 Å². The molecule has 3 heterocycles. The van der Waals surface area contributed by atoms with E-state index in [9.17, 15) is 31.6 Å². The number of rotatable bonds is 0. The Morgan fingerprint density at radius 2 is 0.741 bits per heavy atom. The summed E-state index contributed by atoms with van der Waals surface area (Å²) >= 11 is 0. The predicted molar refractivity (Wildman–Crippen MR) is 83.5 cm³/mol. The summed E-state index contributed by atoms with van der Waals surface area (Å²) in [5.74, 6) is -0.846.